The van der Waals surface area contributed by atoms with Crippen molar-refractivity contribution in [2.45, 2.75) is 50.2 Å². The summed E-state index contributed by atoms with van der Waals surface area (Å²) in [5.41, 5.74) is 2.36. The first kappa shape index (κ1) is 46.3. The largest absolute Gasteiger partial charge is 0.476 e. The van der Waals surface area contributed by atoms with Gasteiger partial charge in [-0.25, -0.2) is 17.8 Å². The molecular weight excluding hydrogens is 764 g/mol. The molecule has 4 unspecified atom stereocenters. The van der Waals surface area contributed by atoms with Crippen LogP contribution in [-0.2, 0) is 59.4 Å². The number of hydrogen-bond donors (Lipinski definition) is 8. The molecule has 0 saturated carbocycles. The molecule has 2 aromatic rings. The summed E-state index contributed by atoms with van der Waals surface area (Å²) in [6, 6.07) is 12.7. The summed E-state index contributed by atoms with van der Waals surface area (Å²) >= 11 is 0. The predicted molar refractivity (Wildman–Crippen MR) is 177 cm³/mol. The fourth-order valence-electron chi connectivity index (χ4n) is 3.59. The monoisotopic (exact) mass is 802 g/mol. The summed E-state index contributed by atoms with van der Waals surface area (Å²) in [6.45, 7) is 9.79. The lowest BCUT2D eigenvalue weighted by Gasteiger charge is -2.18. The lowest BCUT2D eigenvalue weighted by atomic mass is 9.95. The second-order valence-electron chi connectivity index (χ2n) is 9.79. The maximum absolute atomic E-state index is 11.7. The van der Waals surface area contributed by atoms with Crippen molar-refractivity contribution in [1.29, 1.82) is 0 Å². The molecule has 0 aromatic heterocycles. The van der Waals surface area contributed by atoms with Gasteiger partial charge in [-0.2, -0.15) is 16.8 Å². The quantitative estimate of drug-likeness (QED) is 0.0887. The summed E-state index contributed by atoms with van der Waals surface area (Å²) in [5, 5.41) is -0.413. The van der Waals surface area contributed by atoms with E-state index in [0.29, 0.717) is 16.5 Å². The van der Waals surface area contributed by atoms with Gasteiger partial charge in [-0.15, -0.1) is 0 Å². The Morgan fingerprint density at radius 3 is 1.35 bits per heavy atom. The molecule has 0 aliphatic heterocycles. The van der Waals surface area contributed by atoms with E-state index in [9.17, 15) is 49.4 Å². The van der Waals surface area contributed by atoms with Crippen LogP contribution in [0.25, 0.3) is 6.08 Å². The van der Waals surface area contributed by atoms with Crippen molar-refractivity contribution in [3.8, 4) is 0 Å². The molecule has 2 rings (SSSR count). The van der Waals surface area contributed by atoms with Crippen LogP contribution in [-0.4, -0.2) is 60.6 Å². The average Bonchev–Trinajstić information content (AvgIpc) is 2.89. The topological polar surface area (TPSA) is 317 Å². The molecule has 274 valence electrons. The third kappa shape index (κ3) is 22.1. The molecule has 0 radical (unpaired) electrons. The first-order valence-corrected chi connectivity index (χ1v) is 22.6. The third-order valence-corrected chi connectivity index (χ3v) is 12.8. The van der Waals surface area contributed by atoms with Crippen molar-refractivity contribution in [2.24, 2.45) is 0 Å². The molecule has 0 aliphatic rings. The second kappa shape index (κ2) is 19.1. The van der Waals surface area contributed by atoms with Gasteiger partial charge in [0.25, 0.3) is 20.2 Å². The Morgan fingerprint density at radius 2 is 1.08 bits per heavy atom. The molecule has 0 saturated heterocycles. The molecule has 18 nitrogen and oxygen atoms in total. The molecule has 0 spiro atoms. The summed E-state index contributed by atoms with van der Waals surface area (Å²) < 4.78 is 110. The summed E-state index contributed by atoms with van der Waals surface area (Å²) in [7, 11) is -26.9. The molecule has 0 bridgehead atoms. The predicted octanol–water partition coefficient (Wildman–Crippen LogP) is 4.78. The minimum absolute atomic E-state index is 0.187. The molecule has 8 N–H and O–H groups in total. The Labute approximate surface area is 278 Å². The summed E-state index contributed by atoms with van der Waals surface area (Å²) in [5.74, 6) is -0.187. The number of rotatable bonds is 15. The van der Waals surface area contributed by atoms with E-state index in [1.165, 1.54) is 12.1 Å². The molecule has 4 atom stereocenters. The van der Waals surface area contributed by atoms with Crippen LogP contribution in [0.2, 0.25) is 0 Å². The first-order chi connectivity index (χ1) is 21.5. The van der Waals surface area contributed by atoms with Crippen LogP contribution in [0.15, 0.2) is 67.1 Å². The second-order valence-corrected chi connectivity index (χ2v) is 19.3. The van der Waals surface area contributed by atoms with Gasteiger partial charge in [0, 0.05) is 0 Å². The van der Waals surface area contributed by atoms with E-state index in [1.807, 2.05) is 0 Å². The van der Waals surface area contributed by atoms with Crippen molar-refractivity contribution in [2.75, 3.05) is 0 Å². The Morgan fingerprint density at radius 1 is 0.729 bits per heavy atom. The minimum atomic E-state index is -5.08. The van der Waals surface area contributed by atoms with Crippen LogP contribution >= 0.6 is 30.8 Å². The normalized spacial score (nSPS) is 16.0. The van der Waals surface area contributed by atoms with Gasteiger partial charge in [-0.05, 0) is 41.0 Å². The van der Waals surface area contributed by atoms with Gasteiger partial charge in [0.2, 0.25) is 0 Å². The molecule has 48 heavy (non-hydrogen) atoms. The lowest BCUT2D eigenvalue weighted by molar-refractivity contribution is 0.259. The zero-order chi connectivity index (χ0) is 37.8. The highest BCUT2D eigenvalue weighted by molar-refractivity contribution is 7.88. The van der Waals surface area contributed by atoms with E-state index >= 15 is 0 Å². The van der Waals surface area contributed by atoms with Gasteiger partial charge in [0.1, 0.15) is 0 Å². The number of hydrogen-bond acceptors (Lipinski definition) is 10. The number of phosphoric acid groups is 2. The smallest absolute Gasteiger partial charge is 0.324 e. The minimum Gasteiger partial charge on any atom is -0.324 e. The van der Waals surface area contributed by atoms with Crippen LogP contribution in [0.5, 0.6) is 0 Å². The Hall–Kier alpha value is -1.66. The van der Waals surface area contributed by atoms with Crippen LogP contribution < -0.4 is 0 Å². The zero-order valence-corrected chi connectivity index (χ0v) is 30.6. The van der Waals surface area contributed by atoms with E-state index in [-0.39, 0.29) is 18.8 Å². The van der Waals surface area contributed by atoms with E-state index in [2.05, 4.69) is 21.8 Å². The maximum Gasteiger partial charge on any atom is 0.476 e. The van der Waals surface area contributed by atoms with E-state index in [1.54, 1.807) is 56.3 Å². The Balaban J connectivity index is 0.000000825. The third-order valence-electron chi connectivity index (χ3n) is 5.70. The van der Waals surface area contributed by atoms with Crippen LogP contribution in [0.4, 0.5) is 0 Å². The first-order valence-electron chi connectivity index (χ1n) is 13.0. The fraction of sp³-hybridized carbons (Fsp3) is 0.333. The Kier molecular flexibility index (Phi) is 18.4. The Bertz CT molecular complexity index is 1750. The summed E-state index contributed by atoms with van der Waals surface area (Å²) in [6.07, 6.45) is 1.06. The molecule has 0 heterocycles. The van der Waals surface area contributed by atoms with Gasteiger partial charge in [0.15, 0.2) is 0 Å². The SMILES string of the molecule is C=CS(=O)(=O)O.C=Cc1ccc(CP(=O)(O)OP(=O)(O)O)cc1.CCC(CC(C)c1ccc(CP(=O)(O)OP(=O)(O)O)cc1)S(=O)(=O)O. The highest BCUT2D eigenvalue weighted by Crippen LogP contribution is 2.59. The van der Waals surface area contributed by atoms with Gasteiger partial charge in [0.05, 0.1) is 23.0 Å². The highest BCUT2D eigenvalue weighted by atomic mass is 32.2. The number of benzene rings is 2. The highest BCUT2D eigenvalue weighted by Gasteiger charge is 2.32. The zero-order valence-electron chi connectivity index (χ0n) is 25.4. The van der Waals surface area contributed by atoms with Crippen LogP contribution in [0.1, 0.15) is 54.9 Å². The van der Waals surface area contributed by atoms with E-state index < -0.39 is 68.6 Å². The molecule has 2 aromatic carbocycles. The van der Waals surface area contributed by atoms with E-state index in [0.717, 1.165) is 11.1 Å². The van der Waals surface area contributed by atoms with Gasteiger partial charge >= 0.3 is 30.8 Å². The van der Waals surface area contributed by atoms with Crippen molar-refractivity contribution in [3.05, 3.63) is 89.4 Å². The average molecular weight is 803 g/mol. The van der Waals surface area contributed by atoms with Crippen molar-refractivity contribution >= 4 is 57.1 Å². The van der Waals surface area contributed by atoms with E-state index in [4.69, 9.17) is 24.1 Å². The fourth-order valence-corrected chi connectivity index (χ4v) is 9.01. The van der Waals surface area contributed by atoms with Crippen LogP contribution in [0, 0.1) is 0 Å². The molecule has 0 amide bonds. The van der Waals surface area contributed by atoms with Gasteiger partial charge in [-0.3, -0.25) is 18.2 Å². The van der Waals surface area contributed by atoms with Crippen LogP contribution in [0.3, 0.4) is 0 Å². The summed E-state index contributed by atoms with van der Waals surface area (Å²) in [4.78, 5) is 52.9. The lowest BCUT2D eigenvalue weighted by Crippen LogP contribution is -2.21. The standard InChI is InChI=1S/C13H22O9P2S.C9H12O6P2.C2H4O3S/c1-3-13(25(19,20)21)8-10(2)12-6-4-11(5-7-12)9-23(14,15)22-24(16,17)18;1-2-8-3-5-9(6-4-8)7-16(10,11)15-17(12,13)14;1-2-6(3,4)5/h4-7,10,13H,3,8-9H2,1-2H3,(H,14,15)(H2,16,17,18)(H,19,20,21);2-6H,1,7H2,(H,10,11)(H2,12,13,14);2H,1H2,(H,3,4,5). The molecular formula is C24H38O18P4S2. The molecule has 0 aliphatic carbocycles. The molecule has 0 fully saturated rings. The van der Waals surface area contributed by atoms with Gasteiger partial charge < -0.3 is 29.4 Å². The van der Waals surface area contributed by atoms with Gasteiger partial charge in [-0.1, -0.05) is 81.6 Å². The maximum atomic E-state index is 11.7. The van der Waals surface area contributed by atoms with Crippen molar-refractivity contribution < 1.29 is 82.2 Å². The van der Waals surface area contributed by atoms with Crippen molar-refractivity contribution in [1.82, 2.24) is 0 Å². The van der Waals surface area contributed by atoms with Crippen molar-refractivity contribution in [3.63, 3.8) is 0 Å². The molecule has 24 heteroatoms.